The maximum absolute atomic E-state index is 12.9. The molecule has 2 fully saturated rings. The summed E-state index contributed by atoms with van der Waals surface area (Å²) >= 11 is 0. The van der Waals surface area contributed by atoms with E-state index in [4.69, 9.17) is 4.74 Å². The third-order valence-corrected chi connectivity index (χ3v) is 8.08. The quantitative estimate of drug-likeness (QED) is 0.359. The van der Waals surface area contributed by atoms with Gasteiger partial charge in [-0.1, -0.05) is 0 Å². The Balaban J connectivity index is 1.32. The van der Waals surface area contributed by atoms with Crippen molar-refractivity contribution in [1.29, 1.82) is 0 Å². The molecule has 1 aliphatic carbocycles. The molecule has 12 nitrogen and oxygen atoms in total. The predicted octanol–water partition coefficient (Wildman–Crippen LogP) is 2.55. The van der Waals surface area contributed by atoms with Gasteiger partial charge in [0.2, 0.25) is 0 Å². The minimum atomic E-state index is -3.47. The van der Waals surface area contributed by atoms with Crippen molar-refractivity contribution in [2.45, 2.75) is 56.9 Å². The van der Waals surface area contributed by atoms with E-state index in [1.54, 1.807) is 18.3 Å². The molecule has 13 heteroatoms. The van der Waals surface area contributed by atoms with Gasteiger partial charge < -0.3 is 20.7 Å². The first-order chi connectivity index (χ1) is 17.8. The van der Waals surface area contributed by atoms with Crippen molar-refractivity contribution in [3.63, 3.8) is 0 Å². The summed E-state index contributed by atoms with van der Waals surface area (Å²) < 4.78 is 31.5. The number of anilines is 3. The molecule has 3 aromatic rings. The number of rotatable bonds is 10. The monoisotopic (exact) mass is 526 g/mol. The molecular weight excluding hydrogens is 496 g/mol. The Morgan fingerprint density at radius 3 is 2.76 bits per heavy atom. The van der Waals surface area contributed by atoms with Crippen molar-refractivity contribution in [3.05, 3.63) is 42.5 Å². The standard InChI is InChI=1S/C24H30N8O4S/c1-15(2)29-20-10-22(26-13-19(20)24(33)27-12-17-4-3-9-36-17)30-21-7-8-25-23(31-21)16-11-28-32(14-16)37(34,35)18-5-6-18/h7-8,10-11,13-15,17-18H,3-6,9,12H2,1-2H3,(H,27,33)(H2,25,26,29,30,31). The zero-order valence-electron chi connectivity index (χ0n) is 20.7. The molecule has 1 aliphatic heterocycles. The molecule has 196 valence electrons. The predicted molar refractivity (Wildman–Crippen MR) is 138 cm³/mol. The Morgan fingerprint density at radius 2 is 2.03 bits per heavy atom. The molecule has 37 heavy (non-hydrogen) atoms. The third-order valence-electron chi connectivity index (χ3n) is 6.04. The van der Waals surface area contributed by atoms with E-state index in [1.165, 1.54) is 18.6 Å². The minimum Gasteiger partial charge on any atom is -0.382 e. The molecule has 0 bridgehead atoms. The molecule has 1 saturated heterocycles. The lowest BCUT2D eigenvalue weighted by Crippen LogP contribution is -2.32. The Hall–Kier alpha value is -3.58. The van der Waals surface area contributed by atoms with Crippen molar-refractivity contribution < 1.29 is 17.9 Å². The molecule has 3 aromatic heterocycles. The minimum absolute atomic E-state index is 0.0484. The molecule has 3 N–H and O–H groups in total. The summed E-state index contributed by atoms with van der Waals surface area (Å²) in [4.78, 5) is 26.0. The van der Waals surface area contributed by atoms with Crippen molar-refractivity contribution in [2.75, 3.05) is 23.8 Å². The molecule has 1 saturated carbocycles. The second kappa shape index (κ2) is 10.4. The first kappa shape index (κ1) is 25.1. The Kier molecular flexibility index (Phi) is 7.07. The van der Waals surface area contributed by atoms with Crippen LogP contribution in [0.2, 0.25) is 0 Å². The largest absolute Gasteiger partial charge is 0.382 e. The van der Waals surface area contributed by atoms with E-state index in [1.807, 2.05) is 13.8 Å². The average molecular weight is 527 g/mol. The molecule has 0 spiro atoms. The van der Waals surface area contributed by atoms with Gasteiger partial charge in [0.1, 0.15) is 11.6 Å². The van der Waals surface area contributed by atoms with Gasteiger partial charge in [0.05, 0.1) is 40.6 Å². The van der Waals surface area contributed by atoms with Crippen molar-refractivity contribution in [3.8, 4) is 11.4 Å². The van der Waals surface area contributed by atoms with Gasteiger partial charge in [0.25, 0.3) is 15.9 Å². The van der Waals surface area contributed by atoms with Gasteiger partial charge in [-0.05, 0) is 45.6 Å². The molecule has 4 heterocycles. The highest BCUT2D eigenvalue weighted by Crippen LogP contribution is 2.30. The highest BCUT2D eigenvalue weighted by atomic mass is 32.2. The highest BCUT2D eigenvalue weighted by Gasteiger charge is 2.37. The van der Waals surface area contributed by atoms with Gasteiger partial charge in [0, 0.05) is 37.7 Å². The van der Waals surface area contributed by atoms with Gasteiger partial charge >= 0.3 is 0 Å². The fourth-order valence-corrected chi connectivity index (χ4v) is 5.50. The van der Waals surface area contributed by atoms with E-state index < -0.39 is 10.0 Å². The van der Waals surface area contributed by atoms with E-state index in [-0.39, 0.29) is 23.3 Å². The molecule has 1 unspecified atom stereocenters. The maximum Gasteiger partial charge on any atom is 0.256 e. The smallest absolute Gasteiger partial charge is 0.256 e. The summed E-state index contributed by atoms with van der Waals surface area (Å²) in [6, 6.07) is 3.52. The molecule has 0 aromatic carbocycles. The van der Waals surface area contributed by atoms with E-state index in [9.17, 15) is 13.2 Å². The van der Waals surface area contributed by atoms with Crippen LogP contribution in [0, 0.1) is 0 Å². The normalized spacial score (nSPS) is 17.6. The number of hydrogen-bond donors (Lipinski definition) is 3. The summed E-state index contributed by atoms with van der Waals surface area (Å²) in [6.07, 6.45) is 9.27. The number of carbonyl (C=O) groups is 1. The average Bonchev–Trinajstić information content (AvgIpc) is 3.38. The number of nitrogens with zero attached hydrogens (tertiary/aromatic N) is 5. The second-order valence-corrected chi connectivity index (χ2v) is 11.6. The van der Waals surface area contributed by atoms with E-state index >= 15 is 0 Å². The summed E-state index contributed by atoms with van der Waals surface area (Å²) in [6.45, 7) is 5.17. The second-order valence-electron chi connectivity index (χ2n) is 9.50. The zero-order chi connectivity index (χ0) is 26.0. The van der Waals surface area contributed by atoms with Crippen molar-refractivity contribution in [1.82, 2.24) is 29.5 Å². The lowest BCUT2D eigenvalue weighted by atomic mass is 10.2. The summed E-state index contributed by atoms with van der Waals surface area (Å²) in [5.74, 6) is 1.05. The Morgan fingerprint density at radius 1 is 1.19 bits per heavy atom. The van der Waals surface area contributed by atoms with Crippen LogP contribution >= 0.6 is 0 Å². The maximum atomic E-state index is 12.9. The van der Waals surface area contributed by atoms with Gasteiger partial charge in [-0.2, -0.15) is 9.19 Å². The van der Waals surface area contributed by atoms with Crippen molar-refractivity contribution >= 4 is 33.3 Å². The summed E-state index contributed by atoms with van der Waals surface area (Å²) in [5, 5.41) is 13.0. The molecule has 0 radical (unpaired) electrons. The van der Waals surface area contributed by atoms with Crippen LogP contribution in [0.1, 0.15) is 49.9 Å². The summed E-state index contributed by atoms with van der Waals surface area (Å²) in [7, 11) is -3.47. The van der Waals surface area contributed by atoms with Crippen LogP contribution in [-0.4, -0.2) is 69.0 Å². The van der Waals surface area contributed by atoms with Gasteiger partial charge in [-0.3, -0.25) is 4.79 Å². The fourth-order valence-electron chi connectivity index (χ4n) is 4.02. The van der Waals surface area contributed by atoms with Gasteiger partial charge in [-0.15, -0.1) is 0 Å². The highest BCUT2D eigenvalue weighted by molar-refractivity contribution is 7.90. The number of nitrogens with one attached hydrogen (secondary N) is 3. The van der Waals surface area contributed by atoms with Crippen LogP contribution in [0.3, 0.4) is 0 Å². The van der Waals surface area contributed by atoms with E-state index in [0.29, 0.717) is 53.7 Å². The molecule has 1 atom stereocenters. The topological polar surface area (TPSA) is 153 Å². The Bertz CT molecular complexity index is 1380. The van der Waals surface area contributed by atoms with Crippen LogP contribution in [0.15, 0.2) is 36.9 Å². The van der Waals surface area contributed by atoms with Crippen molar-refractivity contribution in [2.24, 2.45) is 0 Å². The molecule has 1 amide bonds. The SMILES string of the molecule is CC(C)Nc1cc(Nc2ccnc(-c3cnn(S(=O)(=O)C4CC4)c3)n2)ncc1C(=O)NCC1CCCO1. The van der Waals surface area contributed by atoms with Gasteiger partial charge in [0.15, 0.2) is 5.82 Å². The molecule has 2 aliphatic rings. The number of aromatic nitrogens is 5. The fraction of sp³-hybridized carbons (Fsp3) is 0.458. The van der Waals surface area contributed by atoms with E-state index in [0.717, 1.165) is 23.5 Å². The van der Waals surface area contributed by atoms with Crippen LogP contribution in [0.4, 0.5) is 17.3 Å². The molecule has 5 rings (SSSR count). The summed E-state index contributed by atoms with van der Waals surface area (Å²) in [5.41, 5.74) is 1.56. The number of hydrogen-bond acceptors (Lipinski definition) is 10. The number of carbonyl (C=O) groups excluding carboxylic acids is 1. The van der Waals surface area contributed by atoms with Crippen LogP contribution in [0.25, 0.3) is 11.4 Å². The number of ether oxygens (including phenoxy) is 1. The van der Waals surface area contributed by atoms with Crippen LogP contribution < -0.4 is 16.0 Å². The van der Waals surface area contributed by atoms with Crippen LogP contribution in [-0.2, 0) is 14.8 Å². The van der Waals surface area contributed by atoms with Gasteiger partial charge in [-0.25, -0.2) is 23.4 Å². The third kappa shape index (κ3) is 5.88. The number of amides is 1. The van der Waals surface area contributed by atoms with E-state index in [2.05, 4.69) is 36.0 Å². The molecular formula is C24H30N8O4S. The Labute approximate surface area is 215 Å². The lowest BCUT2D eigenvalue weighted by Gasteiger charge is -2.17. The first-order valence-electron chi connectivity index (χ1n) is 12.4. The van der Waals surface area contributed by atoms with Crippen LogP contribution in [0.5, 0.6) is 0 Å². The number of pyridine rings is 1. The lowest BCUT2D eigenvalue weighted by molar-refractivity contribution is 0.0858. The first-order valence-corrected chi connectivity index (χ1v) is 13.9. The zero-order valence-corrected chi connectivity index (χ0v) is 21.5.